The Bertz CT molecular complexity index is 779. The zero-order chi connectivity index (χ0) is 17.8. The third kappa shape index (κ3) is 4.11. The van der Waals surface area contributed by atoms with Gasteiger partial charge in [-0.2, -0.15) is 0 Å². The van der Waals surface area contributed by atoms with Crippen LogP contribution in [-0.4, -0.2) is 52.4 Å². The van der Waals surface area contributed by atoms with Crippen LogP contribution in [0.2, 0.25) is 0 Å². The number of carbonyl (C=O) groups excluding carboxylic acids is 2. The molecular weight excluding hydrogens is 342 g/mol. The van der Waals surface area contributed by atoms with E-state index < -0.39 is 0 Å². The van der Waals surface area contributed by atoms with Crippen LogP contribution in [0.5, 0.6) is 5.75 Å². The third-order valence-corrected chi connectivity index (χ3v) is 4.62. The minimum atomic E-state index is -0.223. The Morgan fingerprint density at radius 3 is 3.00 bits per heavy atom. The number of nitrogens with zero attached hydrogens (tertiary/aromatic N) is 3. The molecule has 8 nitrogen and oxygen atoms in total. The summed E-state index contributed by atoms with van der Waals surface area (Å²) in [4.78, 5) is 30.2. The van der Waals surface area contributed by atoms with E-state index >= 15 is 0 Å². The van der Waals surface area contributed by atoms with Gasteiger partial charge in [0.15, 0.2) is 0 Å². The Morgan fingerprint density at radius 1 is 1.48 bits per heavy atom. The van der Waals surface area contributed by atoms with Crippen molar-refractivity contribution >= 4 is 29.3 Å². The second-order valence-electron chi connectivity index (χ2n) is 5.64. The highest BCUT2D eigenvalue weighted by molar-refractivity contribution is 7.99. The van der Waals surface area contributed by atoms with Gasteiger partial charge in [-0.25, -0.2) is 4.98 Å². The van der Waals surface area contributed by atoms with Crippen LogP contribution in [0.25, 0.3) is 0 Å². The second-order valence-corrected chi connectivity index (χ2v) is 6.58. The van der Waals surface area contributed by atoms with Gasteiger partial charge in [-0.1, -0.05) is 23.9 Å². The monoisotopic (exact) mass is 361 g/mol. The number of aryl methyl sites for hydroxylation is 1. The molecule has 1 aliphatic heterocycles. The van der Waals surface area contributed by atoms with Crippen molar-refractivity contribution in [3.8, 4) is 5.75 Å². The molecular formula is C16H19N5O3S. The summed E-state index contributed by atoms with van der Waals surface area (Å²) in [7, 11) is 1.57. The van der Waals surface area contributed by atoms with E-state index in [9.17, 15) is 9.59 Å². The highest BCUT2D eigenvalue weighted by atomic mass is 32.2. The molecule has 1 aromatic carbocycles. The number of para-hydroxylation sites is 2. The third-order valence-electron chi connectivity index (χ3n) is 3.78. The number of benzene rings is 1. The average Bonchev–Trinajstić information content (AvgIpc) is 3.18. The van der Waals surface area contributed by atoms with Crippen molar-refractivity contribution in [2.75, 3.05) is 24.3 Å². The molecule has 3 rings (SSSR count). The molecule has 0 saturated carbocycles. The van der Waals surface area contributed by atoms with E-state index in [4.69, 9.17) is 4.74 Å². The Labute approximate surface area is 149 Å². The lowest BCUT2D eigenvalue weighted by Gasteiger charge is -2.19. The van der Waals surface area contributed by atoms with Crippen LogP contribution in [0.4, 0.5) is 5.69 Å². The van der Waals surface area contributed by atoms with Gasteiger partial charge in [0.2, 0.25) is 17.0 Å². The number of thioether (sulfide) groups is 1. The van der Waals surface area contributed by atoms with Crippen molar-refractivity contribution < 1.29 is 14.3 Å². The summed E-state index contributed by atoms with van der Waals surface area (Å²) < 4.78 is 5.31. The molecule has 2 aromatic rings. The van der Waals surface area contributed by atoms with E-state index in [-0.39, 0.29) is 30.0 Å². The number of H-pyrrole nitrogens is 1. The van der Waals surface area contributed by atoms with Gasteiger partial charge in [0, 0.05) is 13.0 Å². The van der Waals surface area contributed by atoms with E-state index in [2.05, 4.69) is 20.5 Å². The van der Waals surface area contributed by atoms with Crippen LogP contribution < -0.4 is 15.0 Å². The first-order valence-corrected chi connectivity index (χ1v) is 8.80. The predicted octanol–water partition coefficient (Wildman–Crippen LogP) is 1.14. The topological polar surface area (TPSA) is 100 Å². The molecule has 1 aliphatic rings. The van der Waals surface area contributed by atoms with E-state index in [0.717, 1.165) is 5.69 Å². The minimum absolute atomic E-state index is 0.0351. The van der Waals surface area contributed by atoms with Gasteiger partial charge in [0.25, 0.3) is 0 Å². The van der Waals surface area contributed by atoms with Gasteiger partial charge in [0.05, 0.1) is 24.6 Å². The Kier molecular flexibility index (Phi) is 5.22. The van der Waals surface area contributed by atoms with Gasteiger partial charge in [-0.3, -0.25) is 14.7 Å². The van der Waals surface area contributed by atoms with E-state index in [1.807, 2.05) is 24.3 Å². The smallest absolute Gasteiger partial charge is 0.230 e. The molecule has 2 N–H and O–H groups in total. The Balaban J connectivity index is 1.56. The zero-order valence-electron chi connectivity index (χ0n) is 14.0. The number of rotatable bonds is 6. The molecule has 0 unspecified atom stereocenters. The summed E-state index contributed by atoms with van der Waals surface area (Å²) in [6.07, 6.45) is 0.272. The second kappa shape index (κ2) is 7.56. The standard InChI is InChI=1S/C16H19N5O3S/c1-10-17-16(20-19-10)25-9-14(22)18-11-7-15(23)21(8-11)12-5-3-4-6-13(12)24-2/h3-6,11H,7-9H2,1-2H3,(H,18,22)(H,17,19,20)/t11-/m1/s1. The van der Waals surface area contributed by atoms with Gasteiger partial charge < -0.3 is 15.0 Å². The molecule has 25 heavy (non-hydrogen) atoms. The molecule has 9 heteroatoms. The number of aromatic amines is 1. The largest absolute Gasteiger partial charge is 0.495 e. The molecule has 1 fully saturated rings. The van der Waals surface area contributed by atoms with Crippen LogP contribution in [0.3, 0.4) is 0 Å². The predicted molar refractivity (Wildman–Crippen MR) is 93.7 cm³/mol. The summed E-state index contributed by atoms with van der Waals surface area (Å²) in [5.74, 6) is 1.37. The normalized spacial score (nSPS) is 17.0. The van der Waals surface area contributed by atoms with Crippen molar-refractivity contribution in [1.82, 2.24) is 20.5 Å². The Morgan fingerprint density at radius 2 is 2.28 bits per heavy atom. The summed E-state index contributed by atoms with van der Waals surface area (Å²) in [6, 6.07) is 7.13. The fourth-order valence-corrected chi connectivity index (χ4v) is 3.33. The van der Waals surface area contributed by atoms with Gasteiger partial charge in [-0.15, -0.1) is 5.10 Å². The maximum Gasteiger partial charge on any atom is 0.230 e. The molecule has 0 spiro atoms. The molecule has 1 saturated heterocycles. The van der Waals surface area contributed by atoms with Gasteiger partial charge in [-0.05, 0) is 19.1 Å². The van der Waals surface area contributed by atoms with Crippen LogP contribution in [0.1, 0.15) is 12.2 Å². The van der Waals surface area contributed by atoms with Gasteiger partial charge >= 0.3 is 0 Å². The van der Waals surface area contributed by atoms with Crippen molar-refractivity contribution in [1.29, 1.82) is 0 Å². The highest BCUT2D eigenvalue weighted by Crippen LogP contribution is 2.31. The molecule has 0 radical (unpaired) electrons. The SMILES string of the molecule is COc1ccccc1N1C[C@H](NC(=O)CSc2n[nH]c(C)n2)CC1=O. The van der Waals surface area contributed by atoms with Crippen LogP contribution in [0.15, 0.2) is 29.4 Å². The van der Waals surface area contributed by atoms with Gasteiger partial charge in [0.1, 0.15) is 11.6 Å². The minimum Gasteiger partial charge on any atom is -0.495 e. The molecule has 1 atom stereocenters. The van der Waals surface area contributed by atoms with Crippen molar-refractivity contribution in [3.63, 3.8) is 0 Å². The quantitative estimate of drug-likeness (QED) is 0.749. The lowest BCUT2D eigenvalue weighted by Crippen LogP contribution is -2.38. The number of hydrogen-bond donors (Lipinski definition) is 2. The van der Waals surface area contributed by atoms with E-state index in [0.29, 0.717) is 23.3 Å². The highest BCUT2D eigenvalue weighted by Gasteiger charge is 2.32. The molecule has 0 aliphatic carbocycles. The fourth-order valence-electron chi connectivity index (χ4n) is 2.68. The fraction of sp³-hybridized carbons (Fsp3) is 0.375. The molecule has 2 heterocycles. The lowest BCUT2D eigenvalue weighted by molar-refractivity contribution is -0.119. The first-order valence-electron chi connectivity index (χ1n) is 7.81. The van der Waals surface area contributed by atoms with Crippen LogP contribution in [-0.2, 0) is 9.59 Å². The first-order chi connectivity index (χ1) is 12.1. The van der Waals surface area contributed by atoms with Crippen LogP contribution >= 0.6 is 11.8 Å². The summed E-state index contributed by atoms with van der Waals surface area (Å²) in [6.45, 7) is 2.23. The summed E-state index contributed by atoms with van der Waals surface area (Å²) in [5, 5.41) is 10.1. The first kappa shape index (κ1) is 17.3. The van der Waals surface area contributed by atoms with E-state index in [1.165, 1.54) is 11.8 Å². The maximum atomic E-state index is 12.3. The van der Waals surface area contributed by atoms with E-state index in [1.54, 1.807) is 18.9 Å². The van der Waals surface area contributed by atoms with Crippen LogP contribution in [0, 0.1) is 6.92 Å². The lowest BCUT2D eigenvalue weighted by atomic mass is 10.2. The number of ether oxygens (including phenoxy) is 1. The molecule has 132 valence electrons. The molecule has 2 amide bonds. The number of carbonyl (C=O) groups is 2. The molecule has 0 bridgehead atoms. The number of aromatic nitrogens is 3. The number of amides is 2. The Hall–Kier alpha value is -2.55. The van der Waals surface area contributed by atoms with Crippen molar-refractivity contribution in [2.45, 2.75) is 24.5 Å². The summed E-state index contributed by atoms with van der Waals surface area (Å²) >= 11 is 1.25. The number of hydrogen-bond acceptors (Lipinski definition) is 6. The maximum absolute atomic E-state index is 12.3. The number of anilines is 1. The van der Waals surface area contributed by atoms with Crippen molar-refractivity contribution in [2.24, 2.45) is 0 Å². The van der Waals surface area contributed by atoms with Crippen molar-refractivity contribution in [3.05, 3.63) is 30.1 Å². The number of methoxy groups -OCH3 is 1. The molecule has 1 aromatic heterocycles. The number of nitrogens with one attached hydrogen (secondary N) is 2. The summed E-state index contributed by atoms with van der Waals surface area (Å²) in [5.41, 5.74) is 0.720. The zero-order valence-corrected chi connectivity index (χ0v) is 14.8. The average molecular weight is 361 g/mol.